The molecule has 1 saturated heterocycles. The molecule has 0 saturated carbocycles. The van der Waals surface area contributed by atoms with Crippen molar-refractivity contribution in [3.05, 3.63) is 35.4 Å². The van der Waals surface area contributed by atoms with Crippen LogP contribution in [0.15, 0.2) is 18.2 Å². The van der Waals surface area contributed by atoms with E-state index in [0.29, 0.717) is 19.5 Å². The zero-order valence-corrected chi connectivity index (χ0v) is 12.2. The smallest absolute Gasteiger partial charge is 0.303 e. The lowest BCUT2D eigenvalue weighted by Crippen LogP contribution is -2.33. The second-order valence-corrected chi connectivity index (χ2v) is 5.69. The molecule has 0 aromatic heterocycles. The number of likely N-dealkylation sites (tertiary alicyclic amines) is 1. The molecule has 4 nitrogen and oxygen atoms in total. The monoisotopic (exact) mass is 311 g/mol. The predicted molar refractivity (Wildman–Crippen MR) is 76.2 cm³/mol. The molecule has 0 spiro atoms. The van der Waals surface area contributed by atoms with E-state index < -0.39 is 17.6 Å². The molecule has 22 heavy (non-hydrogen) atoms. The maximum absolute atomic E-state index is 13.6. The van der Waals surface area contributed by atoms with Crippen LogP contribution in [-0.2, 0) is 16.0 Å². The Morgan fingerprint density at radius 1 is 1.23 bits per heavy atom. The first-order valence-corrected chi connectivity index (χ1v) is 7.39. The Kier molecular flexibility index (Phi) is 5.46. The average molecular weight is 311 g/mol. The summed E-state index contributed by atoms with van der Waals surface area (Å²) in [5.41, 5.74) is 0.0522. The molecule has 1 fully saturated rings. The Morgan fingerprint density at radius 3 is 2.73 bits per heavy atom. The van der Waals surface area contributed by atoms with Gasteiger partial charge in [-0.15, -0.1) is 0 Å². The molecule has 6 heteroatoms. The zero-order valence-electron chi connectivity index (χ0n) is 12.2. The molecule has 1 aromatic carbocycles. The van der Waals surface area contributed by atoms with E-state index in [1.54, 1.807) is 4.90 Å². The minimum Gasteiger partial charge on any atom is -0.481 e. The molecule has 1 atom stereocenters. The van der Waals surface area contributed by atoms with Gasteiger partial charge in [0.2, 0.25) is 5.91 Å². The van der Waals surface area contributed by atoms with Gasteiger partial charge in [-0.3, -0.25) is 9.59 Å². The molecular weight excluding hydrogens is 292 g/mol. The first-order chi connectivity index (χ1) is 10.5. The molecular formula is C16H19F2NO3. The number of carboxylic acids is 1. The lowest BCUT2D eigenvalue weighted by atomic mass is 9.97. The number of benzene rings is 1. The van der Waals surface area contributed by atoms with Gasteiger partial charge in [0, 0.05) is 25.1 Å². The molecule has 0 aliphatic carbocycles. The van der Waals surface area contributed by atoms with E-state index in [0.717, 1.165) is 31.0 Å². The highest BCUT2D eigenvalue weighted by Gasteiger charge is 2.23. The number of rotatable bonds is 4. The van der Waals surface area contributed by atoms with Gasteiger partial charge in [0.25, 0.3) is 0 Å². The van der Waals surface area contributed by atoms with Crippen molar-refractivity contribution in [2.24, 2.45) is 5.92 Å². The van der Waals surface area contributed by atoms with Crippen LogP contribution in [0.2, 0.25) is 0 Å². The summed E-state index contributed by atoms with van der Waals surface area (Å²) in [6.07, 6.45) is 2.07. The van der Waals surface area contributed by atoms with Gasteiger partial charge >= 0.3 is 5.97 Å². The van der Waals surface area contributed by atoms with Crippen LogP contribution in [-0.4, -0.2) is 35.0 Å². The molecule has 1 unspecified atom stereocenters. The number of hydrogen-bond acceptors (Lipinski definition) is 2. The maximum atomic E-state index is 13.6. The third-order valence-electron chi connectivity index (χ3n) is 4.01. The van der Waals surface area contributed by atoms with E-state index in [1.807, 2.05) is 0 Å². The third kappa shape index (κ3) is 4.51. The fraction of sp³-hybridized carbons (Fsp3) is 0.500. The molecule has 1 heterocycles. The van der Waals surface area contributed by atoms with Crippen LogP contribution in [0.5, 0.6) is 0 Å². The van der Waals surface area contributed by atoms with Gasteiger partial charge in [-0.1, -0.05) is 0 Å². The Labute approximate surface area is 127 Å². The number of amides is 1. The van der Waals surface area contributed by atoms with Gasteiger partial charge in [0.1, 0.15) is 11.6 Å². The lowest BCUT2D eigenvalue weighted by Gasteiger charge is -2.20. The summed E-state index contributed by atoms with van der Waals surface area (Å²) >= 11 is 0. The Bertz CT molecular complexity index is 562. The second kappa shape index (κ2) is 7.33. The highest BCUT2D eigenvalue weighted by Crippen LogP contribution is 2.21. The van der Waals surface area contributed by atoms with Crippen molar-refractivity contribution in [2.75, 3.05) is 13.1 Å². The van der Waals surface area contributed by atoms with Crippen molar-refractivity contribution in [2.45, 2.75) is 32.1 Å². The number of carbonyl (C=O) groups excluding carboxylic acids is 1. The zero-order chi connectivity index (χ0) is 16.1. The molecule has 2 rings (SSSR count). The number of aliphatic carboxylic acids is 1. The van der Waals surface area contributed by atoms with Gasteiger partial charge < -0.3 is 10.0 Å². The van der Waals surface area contributed by atoms with Crippen LogP contribution in [0, 0.1) is 17.6 Å². The highest BCUT2D eigenvalue weighted by molar-refractivity contribution is 5.78. The van der Waals surface area contributed by atoms with Crippen LogP contribution in [0.1, 0.15) is 31.2 Å². The van der Waals surface area contributed by atoms with Crippen LogP contribution in [0.25, 0.3) is 0 Å². The summed E-state index contributed by atoms with van der Waals surface area (Å²) < 4.78 is 26.7. The van der Waals surface area contributed by atoms with Gasteiger partial charge in [-0.25, -0.2) is 8.78 Å². The van der Waals surface area contributed by atoms with Crippen molar-refractivity contribution in [3.63, 3.8) is 0 Å². The van der Waals surface area contributed by atoms with Gasteiger partial charge in [-0.2, -0.15) is 0 Å². The van der Waals surface area contributed by atoms with Crippen molar-refractivity contribution in [1.82, 2.24) is 4.90 Å². The van der Waals surface area contributed by atoms with E-state index in [1.165, 1.54) is 0 Å². The maximum Gasteiger partial charge on any atom is 0.303 e. The van der Waals surface area contributed by atoms with Crippen molar-refractivity contribution in [3.8, 4) is 0 Å². The van der Waals surface area contributed by atoms with E-state index in [4.69, 9.17) is 5.11 Å². The molecule has 120 valence electrons. The SMILES string of the molecule is O=C(O)CC1CCCN(C(=O)Cc2cc(F)ccc2F)CC1. The quantitative estimate of drug-likeness (QED) is 0.930. The van der Waals surface area contributed by atoms with E-state index in [9.17, 15) is 18.4 Å². The largest absolute Gasteiger partial charge is 0.481 e. The molecule has 1 N–H and O–H groups in total. The number of halogens is 2. The molecule has 1 aromatic rings. The Balaban J connectivity index is 1.95. The summed E-state index contributed by atoms with van der Waals surface area (Å²) in [5.74, 6) is -2.16. The fourth-order valence-electron chi connectivity index (χ4n) is 2.82. The van der Waals surface area contributed by atoms with Gasteiger partial charge in [0.05, 0.1) is 6.42 Å². The van der Waals surface area contributed by atoms with Gasteiger partial charge in [0.15, 0.2) is 0 Å². The molecule has 0 radical (unpaired) electrons. The van der Waals surface area contributed by atoms with Crippen LogP contribution in [0.3, 0.4) is 0 Å². The molecule has 1 aliphatic heterocycles. The predicted octanol–water partition coefficient (Wildman–Crippen LogP) is 2.61. The van der Waals surface area contributed by atoms with E-state index in [2.05, 4.69) is 0 Å². The van der Waals surface area contributed by atoms with Gasteiger partial charge in [-0.05, 0) is 43.4 Å². The van der Waals surface area contributed by atoms with Crippen LogP contribution in [0.4, 0.5) is 8.78 Å². The van der Waals surface area contributed by atoms with Crippen LogP contribution < -0.4 is 0 Å². The summed E-state index contributed by atoms with van der Waals surface area (Å²) in [4.78, 5) is 24.6. The minimum absolute atomic E-state index is 0.0522. The van der Waals surface area contributed by atoms with E-state index in [-0.39, 0.29) is 30.2 Å². The Morgan fingerprint density at radius 2 is 2.00 bits per heavy atom. The molecule has 1 amide bonds. The normalized spacial score (nSPS) is 18.8. The van der Waals surface area contributed by atoms with Crippen molar-refractivity contribution >= 4 is 11.9 Å². The summed E-state index contributed by atoms with van der Waals surface area (Å²) in [6, 6.07) is 3.08. The highest BCUT2D eigenvalue weighted by atomic mass is 19.1. The summed E-state index contributed by atoms with van der Waals surface area (Å²) in [7, 11) is 0. The lowest BCUT2D eigenvalue weighted by molar-refractivity contribution is -0.138. The topological polar surface area (TPSA) is 57.6 Å². The minimum atomic E-state index is -0.827. The number of hydrogen-bond donors (Lipinski definition) is 1. The number of carbonyl (C=O) groups is 2. The standard InChI is InChI=1S/C16H19F2NO3/c17-13-3-4-14(18)12(9-13)10-15(20)19-6-1-2-11(5-7-19)8-16(21)22/h3-4,9,11H,1-2,5-8,10H2,(H,21,22). The Hall–Kier alpha value is -1.98. The number of nitrogens with zero attached hydrogens (tertiary/aromatic N) is 1. The first-order valence-electron chi connectivity index (χ1n) is 7.39. The second-order valence-electron chi connectivity index (χ2n) is 5.69. The number of carboxylic acid groups (broad SMARTS) is 1. The first kappa shape index (κ1) is 16.4. The fourth-order valence-corrected chi connectivity index (χ4v) is 2.82. The van der Waals surface area contributed by atoms with Crippen LogP contribution >= 0.6 is 0 Å². The van der Waals surface area contributed by atoms with Crippen molar-refractivity contribution in [1.29, 1.82) is 0 Å². The van der Waals surface area contributed by atoms with Crippen molar-refractivity contribution < 1.29 is 23.5 Å². The molecule has 0 bridgehead atoms. The summed E-state index contributed by atoms with van der Waals surface area (Å²) in [5, 5.41) is 8.83. The van der Waals surface area contributed by atoms with E-state index >= 15 is 0 Å². The molecule has 1 aliphatic rings. The third-order valence-corrected chi connectivity index (χ3v) is 4.01. The average Bonchev–Trinajstić information content (AvgIpc) is 2.68. The summed E-state index contributed by atoms with van der Waals surface area (Å²) in [6.45, 7) is 1.000.